The molecule has 0 aliphatic carbocycles. The van der Waals surface area contributed by atoms with Gasteiger partial charge in [0, 0.05) is 18.4 Å². The molecule has 24 heavy (non-hydrogen) atoms. The van der Waals surface area contributed by atoms with Crippen molar-refractivity contribution in [3.05, 3.63) is 41.3 Å². The fraction of sp³-hybridized carbons (Fsp3) is 0.471. The number of aryl methyl sites for hydroxylation is 1. The summed E-state index contributed by atoms with van der Waals surface area (Å²) in [6, 6.07) is 3.53. The molecule has 0 spiro atoms. The summed E-state index contributed by atoms with van der Waals surface area (Å²) < 4.78 is 1.96. The van der Waals surface area contributed by atoms with E-state index in [4.69, 9.17) is 11.6 Å². The van der Waals surface area contributed by atoms with E-state index in [1.165, 1.54) is 6.20 Å². The second-order valence-electron chi connectivity index (χ2n) is 6.30. The van der Waals surface area contributed by atoms with Crippen LogP contribution in [-0.2, 0) is 11.3 Å². The lowest BCUT2D eigenvalue weighted by atomic mass is 10.2. The first-order chi connectivity index (χ1) is 11.5. The Labute approximate surface area is 146 Å². The van der Waals surface area contributed by atoms with Crippen LogP contribution in [0.15, 0.2) is 30.7 Å². The number of hydrogen-bond acceptors (Lipinski definition) is 4. The van der Waals surface area contributed by atoms with E-state index in [9.17, 15) is 4.79 Å². The van der Waals surface area contributed by atoms with E-state index in [1.54, 1.807) is 12.1 Å². The van der Waals surface area contributed by atoms with E-state index in [0.29, 0.717) is 16.9 Å². The summed E-state index contributed by atoms with van der Waals surface area (Å²) in [5.41, 5.74) is 1.15. The molecule has 0 radical (unpaired) electrons. The molecule has 7 heteroatoms. The van der Waals surface area contributed by atoms with Gasteiger partial charge in [-0.3, -0.25) is 14.4 Å². The molecule has 1 saturated heterocycles. The van der Waals surface area contributed by atoms with Crippen LogP contribution < -0.4 is 5.32 Å². The van der Waals surface area contributed by atoms with Gasteiger partial charge in [0.15, 0.2) is 0 Å². The molecule has 0 unspecified atom stereocenters. The van der Waals surface area contributed by atoms with Crippen molar-refractivity contribution in [1.29, 1.82) is 0 Å². The van der Waals surface area contributed by atoms with Gasteiger partial charge in [-0.15, -0.1) is 0 Å². The Morgan fingerprint density at radius 1 is 1.46 bits per heavy atom. The first kappa shape index (κ1) is 16.9. The third kappa shape index (κ3) is 3.94. The van der Waals surface area contributed by atoms with E-state index in [1.807, 2.05) is 30.9 Å². The van der Waals surface area contributed by atoms with Crippen LogP contribution in [0.25, 0.3) is 0 Å². The largest absolute Gasteiger partial charge is 0.309 e. The zero-order chi connectivity index (χ0) is 17.1. The van der Waals surface area contributed by atoms with E-state index >= 15 is 0 Å². The summed E-state index contributed by atoms with van der Waals surface area (Å²) >= 11 is 5.82. The van der Waals surface area contributed by atoms with Gasteiger partial charge in [-0.2, -0.15) is 5.10 Å². The molecule has 6 nitrogen and oxygen atoms in total. The quantitative estimate of drug-likeness (QED) is 0.903. The fourth-order valence-corrected chi connectivity index (χ4v) is 3.29. The molecule has 2 atom stereocenters. The SMILES string of the molecule is Cc1cnn(C[C@H]2CCCN2[C@@H](C)C(=O)Nc2ccc(Cl)cn2)c1. The van der Waals surface area contributed by atoms with Gasteiger partial charge in [-0.05, 0) is 50.9 Å². The predicted molar refractivity (Wildman–Crippen MR) is 94.0 cm³/mol. The molecule has 1 aliphatic rings. The number of nitrogens with zero attached hydrogens (tertiary/aromatic N) is 4. The van der Waals surface area contributed by atoms with Gasteiger partial charge in [0.05, 0.1) is 23.8 Å². The van der Waals surface area contributed by atoms with Gasteiger partial charge in [0.2, 0.25) is 5.91 Å². The van der Waals surface area contributed by atoms with Crippen molar-refractivity contribution in [1.82, 2.24) is 19.7 Å². The smallest absolute Gasteiger partial charge is 0.242 e. The fourth-order valence-electron chi connectivity index (χ4n) is 3.18. The van der Waals surface area contributed by atoms with Crippen LogP contribution >= 0.6 is 11.6 Å². The maximum Gasteiger partial charge on any atom is 0.242 e. The Morgan fingerprint density at radius 3 is 2.96 bits per heavy atom. The number of amides is 1. The highest BCUT2D eigenvalue weighted by Crippen LogP contribution is 2.22. The van der Waals surface area contributed by atoms with Crippen molar-refractivity contribution in [2.45, 2.75) is 45.3 Å². The molecule has 128 valence electrons. The summed E-state index contributed by atoms with van der Waals surface area (Å²) in [7, 11) is 0. The first-order valence-electron chi connectivity index (χ1n) is 8.20. The number of nitrogens with one attached hydrogen (secondary N) is 1. The molecule has 3 heterocycles. The summed E-state index contributed by atoms with van der Waals surface area (Å²) in [6.45, 7) is 5.71. The van der Waals surface area contributed by atoms with Crippen LogP contribution in [0.5, 0.6) is 0 Å². The van der Waals surface area contributed by atoms with Gasteiger partial charge in [-0.25, -0.2) is 4.98 Å². The Kier molecular flexibility index (Phi) is 5.16. The Bertz CT molecular complexity index is 699. The lowest BCUT2D eigenvalue weighted by Crippen LogP contribution is -2.46. The van der Waals surface area contributed by atoms with Crippen molar-refractivity contribution in [3.63, 3.8) is 0 Å². The molecule has 0 aromatic carbocycles. The number of anilines is 1. The number of carbonyl (C=O) groups is 1. The van der Waals surface area contributed by atoms with Gasteiger partial charge in [0.1, 0.15) is 5.82 Å². The number of hydrogen-bond donors (Lipinski definition) is 1. The van der Waals surface area contributed by atoms with Crippen LogP contribution in [0, 0.1) is 6.92 Å². The summed E-state index contributed by atoms with van der Waals surface area (Å²) in [5.74, 6) is 0.475. The number of pyridine rings is 1. The van der Waals surface area contributed by atoms with Crippen molar-refractivity contribution in [2.75, 3.05) is 11.9 Å². The van der Waals surface area contributed by atoms with Gasteiger partial charge >= 0.3 is 0 Å². The van der Waals surface area contributed by atoms with Crippen molar-refractivity contribution in [2.24, 2.45) is 0 Å². The molecule has 1 amide bonds. The topological polar surface area (TPSA) is 63.1 Å². The molecular weight excluding hydrogens is 326 g/mol. The van der Waals surface area contributed by atoms with E-state index < -0.39 is 0 Å². The van der Waals surface area contributed by atoms with Crippen molar-refractivity contribution >= 4 is 23.3 Å². The Balaban J connectivity index is 1.62. The molecule has 0 bridgehead atoms. The number of carbonyl (C=O) groups excluding carboxylic acids is 1. The number of aromatic nitrogens is 3. The molecule has 2 aromatic rings. The molecule has 1 fully saturated rings. The van der Waals surface area contributed by atoms with Crippen molar-refractivity contribution < 1.29 is 4.79 Å². The lowest BCUT2D eigenvalue weighted by molar-refractivity contribution is -0.121. The third-order valence-corrected chi connectivity index (χ3v) is 4.66. The molecular formula is C17H22ClN5O. The highest BCUT2D eigenvalue weighted by Gasteiger charge is 2.32. The van der Waals surface area contributed by atoms with Gasteiger partial charge < -0.3 is 5.32 Å². The Hall–Kier alpha value is -1.92. The van der Waals surface area contributed by atoms with Gasteiger partial charge in [0.25, 0.3) is 0 Å². The average Bonchev–Trinajstić information content (AvgIpc) is 3.18. The molecule has 1 N–H and O–H groups in total. The van der Waals surface area contributed by atoms with Crippen LogP contribution in [0.2, 0.25) is 5.02 Å². The molecule has 2 aromatic heterocycles. The standard InChI is InChI=1S/C17H22ClN5O/c1-12-8-20-22(10-12)11-15-4-3-7-23(15)13(2)17(24)21-16-6-5-14(18)9-19-16/h5-6,8-10,13,15H,3-4,7,11H2,1-2H3,(H,19,21,24)/t13-,15+/m0/s1. The predicted octanol–water partition coefficient (Wildman–Crippen LogP) is 2.73. The summed E-state index contributed by atoms with van der Waals surface area (Å²) in [6.07, 6.45) is 7.61. The number of rotatable bonds is 5. The minimum Gasteiger partial charge on any atom is -0.309 e. The lowest BCUT2D eigenvalue weighted by Gasteiger charge is -2.29. The number of likely N-dealkylation sites (tertiary alicyclic amines) is 1. The van der Waals surface area contributed by atoms with E-state index in [2.05, 4.69) is 20.3 Å². The van der Waals surface area contributed by atoms with Gasteiger partial charge in [-0.1, -0.05) is 11.6 Å². The highest BCUT2D eigenvalue weighted by molar-refractivity contribution is 6.30. The average molecular weight is 348 g/mol. The summed E-state index contributed by atoms with van der Waals surface area (Å²) in [4.78, 5) is 18.9. The Morgan fingerprint density at radius 2 is 2.29 bits per heavy atom. The van der Waals surface area contributed by atoms with E-state index in [-0.39, 0.29) is 11.9 Å². The monoisotopic (exact) mass is 347 g/mol. The zero-order valence-electron chi connectivity index (χ0n) is 13.9. The third-order valence-electron chi connectivity index (χ3n) is 4.44. The molecule has 1 aliphatic heterocycles. The minimum atomic E-state index is -0.216. The molecule has 3 rings (SSSR count). The maximum atomic E-state index is 12.5. The van der Waals surface area contributed by atoms with Crippen LogP contribution in [0.3, 0.4) is 0 Å². The number of halogens is 1. The maximum absolute atomic E-state index is 12.5. The van der Waals surface area contributed by atoms with Crippen molar-refractivity contribution in [3.8, 4) is 0 Å². The second-order valence-corrected chi connectivity index (χ2v) is 6.74. The first-order valence-corrected chi connectivity index (χ1v) is 8.58. The van der Waals surface area contributed by atoms with Crippen LogP contribution in [-0.4, -0.2) is 44.2 Å². The summed E-state index contributed by atoms with van der Waals surface area (Å²) in [5, 5.41) is 7.77. The second kappa shape index (κ2) is 7.32. The van der Waals surface area contributed by atoms with E-state index in [0.717, 1.165) is 31.5 Å². The van der Waals surface area contributed by atoms with Crippen LogP contribution in [0.4, 0.5) is 5.82 Å². The minimum absolute atomic E-state index is 0.0478. The highest BCUT2D eigenvalue weighted by atomic mass is 35.5. The van der Waals surface area contributed by atoms with Crippen LogP contribution in [0.1, 0.15) is 25.3 Å². The normalized spacial score (nSPS) is 19.4. The molecule has 0 saturated carbocycles. The zero-order valence-corrected chi connectivity index (χ0v) is 14.7.